The fraction of sp³-hybridized carbons (Fsp3) is 0. The van der Waals surface area contributed by atoms with Crippen molar-refractivity contribution >= 4 is 39.3 Å². The van der Waals surface area contributed by atoms with Gasteiger partial charge in [0.15, 0.2) is 5.78 Å². The third-order valence-corrected chi connectivity index (χ3v) is 3.71. The lowest BCUT2D eigenvalue weighted by Crippen LogP contribution is -2.14. The Balaban J connectivity index is 2.14. The zero-order valence-corrected chi connectivity index (χ0v) is 12.5. The predicted octanol–water partition coefficient (Wildman–Crippen LogP) is 3.63. The molecule has 0 saturated heterocycles. The first-order valence-corrected chi connectivity index (χ1v) is 7.06. The van der Waals surface area contributed by atoms with Crippen LogP contribution in [0.2, 0.25) is 0 Å². The highest BCUT2D eigenvalue weighted by atomic mass is 127. The van der Waals surface area contributed by atoms with Gasteiger partial charge in [-0.05, 0) is 59.0 Å². The number of rotatable bonds is 2. The van der Waals surface area contributed by atoms with Gasteiger partial charge in [-0.1, -0.05) is 18.2 Å². The van der Waals surface area contributed by atoms with E-state index in [1.165, 1.54) is 0 Å². The first-order chi connectivity index (χ1) is 9.65. The van der Waals surface area contributed by atoms with Gasteiger partial charge >= 0.3 is 5.63 Å². The van der Waals surface area contributed by atoms with E-state index in [1.54, 1.807) is 30.3 Å². The standard InChI is InChI=1S/C16H9IO3/c17-12-7-5-10(6-8-12)15(18)13-9-11-3-1-2-4-14(11)20-16(13)19/h1-9H. The summed E-state index contributed by atoms with van der Waals surface area (Å²) in [6, 6.07) is 15.8. The smallest absolute Gasteiger partial charge is 0.347 e. The number of hydrogen-bond donors (Lipinski definition) is 0. The van der Waals surface area contributed by atoms with Gasteiger partial charge in [0.1, 0.15) is 11.1 Å². The van der Waals surface area contributed by atoms with Gasteiger partial charge in [0.2, 0.25) is 0 Å². The molecule has 0 spiro atoms. The molecule has 0 bridgehead atoms. The maximum absolute atomic E-state index is 12.4. The number of fused-ring (bicyclic) bond motifs is 1. The topological polar surface area (TPSA) is 47.3 Å². The molecule has 0 aliphatic heterocycles. The van der Waals surface area contributed by atoms with Crippen LogP contribution in [0.5, 0.6) is 0 Å². The fourth-order valence-corrected chi connectivity index (χ4v) is 2.34. The summed E-state index contributed by atoms with van der Waals surface area (Å²) < 4.78 is 6.21. The highest BCUT2D eigenvalue weighted by molar-refractivity contribution is 14.1. The molecule has 4 heteroatoms. The zero-order valence-electron chi connectivity index (χ0n) is 10.3. The Kier molecular flexibility index (Phi) is 3.40. The Bertz CT molecular complexity index is 847. The number of halogens is 1. The number of carbonyl (C=O) groups excluding carboxylic acids is 1. The van der Waals surface area contributed by atoms with Crippen molar-refractivity contribution in [2.75, 3.05) is 0 Å². The van der Waals surface area contributed by atoms with Gasteiger partial charge < -0.3 is 4.42 Å². The molecule has 3 nitrogen and oxygen atoms in total. The summed E-state index contributed by atoms with van der Waals surface area (Å²) in [5.41, 5.74) is 0.418. The van der Waals surface area contributed by atoms with Crippen LogP contribution in [0.25, 0.3) is 11.0 Å². The maximum atomic E-state index is 12.4. The average molecular weight is 376 g/mol. The molecule has 0 saturated carbocycles. The van der Waals surface area contributed by atoms with E-state index in [1.807, 2.05) is 24.3 Å². The minimum atomic E-state index is -0.604. The summed E-state index contributed by atoms with van der Waals surface area (Å²) in [5, 5.41) is 0.737. The number of benzene rings is 2. The number of hydrogen-bond acceptors (Lipinski definition) is 3. The van der Waals surface area contributed by atoms with E-state index >= 15 is 0 Å². The molecule has 0 N–H and O–H groups in total. The van der Waals surface area contributed by atoms with E-state index in [-0.39, 0.29) is 11.3 Å². The first-order valence-electron chi connectivity index (χ1n) is 5.98. The van der Waals surface area contributed by atoms with Crippen LogP contribution in [-0.2, 0) is 0 Å². The van der Waals surface area contributed by atoms with E-state index < -0.39 is 5.63 Å². The summed E-state index contributed by atoms with van der Waals surface area (Å²) in [6.45, 7) is 0. The molecule has 0 radical (unpaired) electrons. The van der Waals surface area contributed by atoms with Crippen molar-refractivity contribution in [3.63, 3.8) is 0 Å². The predicted molar refractivity (Wildman–Crippen MR) is 85.1 cm³/mol. The largest absolute Gasteiger partial charge is 0.422 e. The van der Waals surface area contributed by atoms with Crippen LogP contribution < -0.4 is 5.63 Å². The van der Waals surface area contributed by atoms with Gasteiger partial charge in [-0.3, -0.25) is 4.79 Å². The highest BCUT2D eigenvalue weighted by Gasteiger charge is 2.15. The van der Waals surface area contributed by atoms with Gasteiger partial charge in [-0.15, -0.1) is 0 Å². The lowest BCUT2D eigenvalue weighted by Gasteiger charge is -2.02. The van der Waals surface area contributed by atoms with Crippen LogP contribution in [0.15, 0.2) is 63.8 Å². The minimum Gasteiger partial charge on any atom is -0.422 e. The Morgan fingerprint density at radius 3 is 2.45 bits per heavy atom. The Morgan fingerprint density at radius 2 is 1.70 bits per heavy atom. The normalized spacial score (nSPS) is 10.7. The Labute approximate surface area is 128 Å². The third kappa shape index (κ3) is 2.38. The van der Waals surface area contributed by atoms with Crippen LogP contribution >= 0.6 is 22.6 Å². The number of carbonyl (C=O) groups is 1. The van der Waals surface area contributed by atoms with Gasteiger partial charge in [-0.2, -0.15) is 0 Å². The summed E-state index contributed by atoms with van der Waals surface area (Å²) in [7, 11) is 0. The summed E-state index contributed by atoms with van der Waals surface area (Å²) in [4.78, 5) is 24.3. The van der Waals surface area contributed by atoms with Crippen molar-refractivity contribution in [1.82, 2.24) is 0 Å². The molecule has 3 aromatic rings. The molecule has 0 atom stereocenters. The first kappa shape index (κ1) is 13.1. The van der Waals surface area contributed by atoms with Crippen LogP contribution in [0.4, 0.5) is 0 Å². The zero-order chi connectivity index (χ0) is 14.1. The Morgan fingerprint density at radius 1 is 1.00 bits per heavy atom. The highest BCUT2D eigenvalue weighted by Crippen LogP contribution is 2.15. The SMILES string of the molecule is O=C(c1ccc(I)cc1)c1cc2ccccc2oc1=O. The second kappa shape index (κ2) is 5.20. The van der Waals surface area contributed by atoms with Gasteiger partial charge in [0.05, 0.1) is 0 Å². The molecule has 3 rings (SSSR count). The molecule has 1 aromatic heterocycles. The number of para-hydroxylation sites is 1. The maximum Gasteiger partial charge on any atom is 0.347 e. The second-order valence-corrected chi connectivity index (χ2v) is 5.57. The molecule has 1 heterocycles. The lowest BCUT2D eigenvalue weighted by molar-refractivity contribution is 0.103. The minimum absolute atomic E-state index is 0.0601. The fourth-order valence-electron chi connectivity index (χ4n) is 1.98. The molecular weight excluding hydrogens is 367 g/mol. The molecule has 0 aliphatic rings. The van der Waals surface area contributed by atoms with E-state index in [2.05, 4.69) is 22.6 Å². The van der Waals surface area contributed by atoms with Gasteiger partial charge in [0.25, 0.3) is 0 Å². The van der Waals surface area contributed by atoms with Crippen molar-refractivity contribution < 1.29 is 9.21 Å². The Hall–Kier alpha value is -1.95. The molecule has 0 unspecified atom stereocenters. The molecule has 2 aromatic carbocycles. The quantitative estimate of drug-likeness (QED) is 0.390. The van der Waals surface area contributed by atoms with E-state index in [4.69, 9.17) is 4.42 Å². The summed E-state index contributed by atoms with van der Waals surface area (Å²) in [6.07, 6.45) is 0. The van der Waals surface area contributed by atoms with Crippen LogP contribution in [0, 0.1) is 3.57 Å². The molecule has 0 fully saturated rings. The van der Waals surface area contributed by atoms with Crippen LogP contribution in [0.3, 0.4) is 0 Å². The monoisotopic (exact) mass is 376 g/mol. The van der Waals surface area contributed by atoms with Crippen molar-refractivity contribution in [3.8, 4) is 0 Å². The number of ketones is 1. The molecule has 20 heavy (non-hydrogen) atoms. The molecular formula is C16H9IO3. The van der Waals surface area contributed by atoms with Crippen molar-refractivity contribution in [2.45, 2.75) is 0 Å². The van der Waals surface area contributed by atoms with Crippen molar-refractivity contribution in [1.29, 1.82) is 0 Å². The van der Waals surface area contributed by atoms with E-state index in [0.29, 0.717) is 11.1 Å². The van der Waals surface area contributed by atoms with Gasteiger partial charge in [0, 0.05) is 14.5 Å². The van der Waals surface area contributed by atoms with E-state index in [0.717, 1.165) is 8.96 Å². The summed E-state index contributed by atoms with van der Waals surface area (Å²) >= 11 is 2.16. The molecule has 0 aliphatic carbocycles. The molecule has 0 amide bonds. The third-order valence-electron chi connectivity index (χ3n) is 2.99. The van der Waals surface area contributed by atoms with Crippen molar-refractivity contribution in [3.05, 3.63) is 79.7 Å². The van der Waals surface area contributed by atoms with Gasteiger partial charge in [-0.25, -0.2) is 4.79 Å². The van der Waals surface area contributed by atoms with E-state index in [9.17, 15) is 9.59 Å². The summed E-state index contributed by atoms with van der Waals surface area (Å²) in [5.74, 6) is -0.319. The van der Waals surface area contributed by atoms with Crippen molar-refractivity contribution in [2.24, 2.45) is 0 Å². The van der Waals surface area contributed by atoms with Crippen LogP contribution in [0.1, 0.15) is 15.9 Å². The molecule has 98 valence electrons. The lowest BCUT2D eigenvalue weighted by atomic mass is 10.0. The average Bonchev–Trinajstić information content (AvgIpc) is 2.46. The second-order valence-electron chi connectivity index (χ2n) is 4.32. The van der Waals surface area contributed by atoms with Crippen LogP contribution in [-0.4, -0.2) is 5.78 Å².